The lowest BCUT2D eigenvalue weighted by atomic mass is 10.1. The summed E-state index contributed by atoms with van der Waals surface area (Å²) in [7, 11) is 1.82. The number of carbonyl (C=O) groups excluding carboxylic acids is 1. The molecule has 0 radical (unpaired) electrons. The lowest BCUT2D eigenvalue weighted by Crippen LogP contribution is -2.41. The Morgan fingerprint density at radius 3 is 2.53 bits per heavy atom. The summed E-state index contributed by atoms with van der Waals surface area (Å²) in [6, 6.07) is 0.171. The van der Waals surface area contributed by atoms with Crippen LogP contribution in [0.4, 0.5) is 0 Å². The van der Waals surface area contributed by atoms with Gasteiger partial charge in [0.1, 0.15) is 0 Å². The van der Waals surface area contributed by atoms with E-state index in [0.717, 1.165) is 25.0 Å². The molecule has 0 spiro atoms. The van der Waals surface area contributed by atoms with E-state index in [1.807, 2.05) is 14.0 Å². The van der Waals surface area contributed by atoms with Crippen molar-refractivity contribution in [2.45, 2.75) is 46.1 Å². The number of hydrogen-bond acceptors (Lipinski definition) is 3. The second kappa shape index (κ2) is 7.28. The van der Waals surface area contributed by atoms with Gasteiger partial charge in [-0.2, -0.15) is 5.10 Å². The largest absolute Gasteiger partial charge is 0.395 e. The first-order valence-corrected chi connectivity index (χ1v) is 7.03. The van der Waals surface area contributed by atoms with Crippen molar-refractivity contribution in [3.05, 3.63) is 17.5 Å². The van der Waals surface area contributed by atoms with Crippen LogP contribution in [0.3, 0.4) is 0 Å². The second-order valence-electron chi connectivity index (χ2n) is 4.71. The van der Waals surface area contributed by atoms with Crippen LogP contribution in [0.5, 0.6) is 0 Å². The number of aryl methyl sites for hydroxylation is 2. The van der Waals surface area contributed by atoms with Crippen molar-refractivity contribution >= 4 is 5.91 Å². The van der Waals surface area contributed by atoms with Gasteiger partial charge in [0, 0.05) is 25.8 Å². The Hall–Kier alpha value is -1.36. The van der Waals surface area contributed by atoms with Gasteiger partial charge in [0.25, 0.3) is 5.91 Å². The van der Waals surface area contributed by atoms with Crippen LogP contribution in [0.15, 0.2) is 6.20 Å². The van der Waals surface area contributed by atoms with Crippen LogP contribution in [0.25, 0.3) is 0 Å². The molecule has 0 unspecified atom stereocenters. The minimum absolute atomic E-state index is 0.00996. The molecule has 0 saturated heterocycles. The van der Waals surface area contributed by atoms with Crippen molar-refractivity contribution in [3.8, 4) is 0 Å². The topological polar surface area (TPSA) is 58.4 Å². The maximum absolute atomic E-state index is 12.6. The van der Waals surface area contributed by atoms with Gasteiger partial charge in [-0.3, -0.25) is 9.48 Å². The van der Waals surface area contributed by atoms with Crippen LogP contribution >= 0.6 is 0 Å². The van der Waals surface area contributed by atoms with Crippen molar-refractivity contribution in [2.24, 2.45) is 7.05 Å². The van der Waals surface area contributed by atoms with E-state index in [1.165, 1.54) is 0 Å². The average molecular weight is 267 g/mol. The van der Waals surface area contributed by atoms with Crippen LogP contribution in [-0.4, -0.2) is 44.9 Å². The van der Waals surface area contributed by atoms with Crippen molar-refractivity contribution in [2.75, 3.05) is 13.2 Å². The van der Waals surface area contributed by atoms with Gasteiger partial charge < -0.3 is 10.0 Å². The molecule has 5 heteroatoms. The van der Waals surface area contributed by atoms with Crippen molar-refractivity contribution in [1.82, 2.24) is 14.7 Å². The average Bonchev–Trinajstić information content (AvgIpc) is 2.79. The second-order valence-corrected chi connectivity index (χ2v) is 4.71. The van der Waals surface area contributed by atoms with Crippen molar-refractivity contribution in [3.63, 3.8) is 0 Å². The fraction of sp³-hybridized carbons (Fsp3) is 0.714. The Balaban J connectivity index is 3.04. The molecule has 108 valence electrons. The van der Waals surface area contributed by atoms with Gasteiger partial charge in [-0.25, -0.2) is 0 Å². The summed E-state index contributed by atoms with van der Waals surface area (Å²) in [5.74, 6) is -0.0206. The first-order valence-electron chi connectivity index (χ1n) is 7.03. The smallest absolute Gasteiger partial charge is 0.257 e. The molecular weight excluding hydrogens is 242 g/mol. The Labute approximate surface area is 115 Å². The molecule has 0 aromatic carbocycles. The van der Waals surface area contributed by atoms with Gasteiger partial charge in [-0.1, -0.05) is 20.8 Å². The number of aliphatic hydroxyl groups is 1. The number of carbonyl (C=O) groups is 1. The molecule has 5 nitrogen and oxygen atoms in total. The molecule has 0 aliphatic carbocycles. The van der Waals surface area contributed by atoms with E-state index in [9.17, 15) is 9.90 Å². The van der Waals surface area contributed by atoms with Gasteiger partial charge >= 0.3 is 0 Å². The molecule has 0 aliphatic rings. The summed E-state index contributed by atoms with van der Waals surface area (Å²) in [6.07, 6.45) is 4.29. The molecule has 1 N–H and O–H groups in total. The van der Waals surface area contributed by atoms with Crippen LogP contribution in [0.1, 0.15) is 49.7 Å². The number of aromatic nitrogens is 2. The van der Waals surface area contributed by atoms with Gasteiger partial charge in [-0.15, -0.1) is 0 Å². The zero-order valence-electron chi connectivity index (χ0n) is 12.4. The highest BCUT2D eigenvalue weighted by molar-refractivity contribution is 5.95. The van der Waals surface area contributed by atoms with E-state index in [0.29, 0.717) is 12.1 Å². The Bertz CT molecular complexity index is 411. The standard InChI is InChI=1S/C14H25N3O2/c1-5-11(6-2)17(8-9-18)14(19)12-10-16(4)15-13(12)7-3/h10-11,18H,5-9H2,1-4H3. The highest BCUT2D eigenvalue weighted by Crippen LogP contribution is 2.16. The first-order chi connectivity index (χ1) is 9.08. The number of hydrogen-bond donors (Lipinski definition) is 1. The summed E-state index contributed by atoms with van der Waals surface area (Å²) in [6.45, 7) is 6.49. The minimum Gasteiger partial charge on any atom is -0.395 e. The van der Waals surface area contributed by atoms with Crippen LogP contribution in [-0.2, 0) is 13.5 Å². The predicted octanol–water partition coefficient (Wildman–Crippen LogP) is 1.61. The summed E-state index contributed by atoms with van der Waals surface area (Å²) in [5.41, 5.74) is 1.48. The summed E-state index contributed by atoms with van der Waals surface area (Å²) in [5, 5.41) is 13.5. The minimum atomic E-state index is -0.0206. The number of amides is 1. The van der Waals surface area contributed by atoms with E-state index >= 15 is 0 Å². The highest BCUT2D eigenvalue weighted by atomic mass is 16.3. The predicted molar refractivity (Wildman–Crippen MR) is 75.1 cm³/mol. The zero-order chi connectivity index (χ0) is 14.4. The summed E-state index contributed by atoms with van der Waals surface area (Å²) < 4.78 is 1.68. The lowest BCUT2D eigenvalue weighted by Gasteiger charge is -2.30. The van der Waals surface area contributed by atoms with E-state index in [2.05, 4.69) is 18.9 Å². The van der Waals surface area contributed by atoms with Crippen LogP contribution in [0.2, 0.25) is 0 Å². The first kappa shape index (κ1) is 15.7. The van der Waals surface area contributed by atoms with E-state index < -0.39 is 0 Å². The Kier molecular flexibility index (Phi) is 6.02. The number of rotatable bonds is 7. The summed E-state index contributed by atoms with van der Waals surface area (Å²) in [4.78, 5) is 14.4. The van der Waals surface area contributed by atoms with Crippen molar-refractivity contribution < 1.29 is 9.90 Å². The molecule has 0 aliphatic heterocycles. The van der Waals surface area contributed by atoms with E-state index in [4.69, 9.17) is 0 Å². The molecule has 1 heterocycles. The molecule has 0 bridgehead atoms. The third-order valence-corrected chi connectivity index (χ3v) is 3.46. The van der Waals surface area contributed by atoms with Gasteiger partial charge in [0.2, 0.25) is 0 Å². The molecule has 0 saturated carbocycles. The van der Waals surface area contributed by atoms with Gasteiger partial charge in [0.05, 0.1) is 17.9 Å². The fourth-order valence-electron chi connectivity index (χ4n) is 2.42. The molecule has 0 atom stereocenters. The monoisotopic (exact) mass is 267 g/mol. The van der Waals surface area contributed by atoms with E-state index in [1.54, 1.807) is 15.8 Å². The zero-order valence-corrected chi connectivity index (χ0v) is 12.4. The fourth-order valence-corrected chi connectivity index (χ4v) is 2.42. The lowest BCUT2D eigenvalue weighted by molar-refractivity contribution is 0.0621. The molecule has 1 aromatic rings. The quantitative estimate of drug-likeness (QED) is 0.816. The third-order valence-electron chi connectivity index (χ3n) is 3.46. The summed E-state index contributed by atoms with van der Waals surface area (Å²) >= 11 is 0. The maximum Gasteiger partial charge on any atom is 0.257 e. The van der Waals surface area contributed by atoms with Crippen LogP contribution < -0.4 is 0 Å². The molecule has 19 heavy (non-hydrogen) atoms. The maximum atomic E-state index is 12.6. The molecule has 1 aromatic heterocycles. The SMILES string of the molecule is CCc1nn(C)cc1C(=O)N(CCO)C(CC)CC. The van der Waals surface area contributed by atoms with Gasteiger partial charge in [0.15, 0.2) is 0 Å². The van der Waals surface area contributed by atoms with E-state index in [-0.39, 0.29) is 18.6 Å². The van der Waals surface area contributed by atoms with Crippen LogP contribution in [0, 0.1) is 0 Å². The molecular formula is C14H25N3O2. The third kappa shape index (κ3) is 3.56. The highest BCUT2D eigenvalue weighted by Gasteiger charge is 2.25. The molecule has 0 fully saturated rings. The number of nitrogens with zero attached hydrogens (tertiary/aromatic N) is 3. The Morgan fingerprint density at radius 2 is 2.05 bits per heavy atom. The Morgan fingerprint density at radius 1 is 1.42 bits per heavy atom. The van der Waals surface area contributed by atoms with Crippen molar-refractivity contribution in [1.29, 1.82) is 0 Å². The molecule has 1 amide bonds. The number of aliphatic hydroxyl groups excluding tert-OH is 1. The molecule has 1 rings (SSSR count). The van der Waals surface area contributed by atoms with Gasteiger partial charge in [-0.05, 0) is 19.3 Å². The normalized spacial score (nSPS) is 11.1.